The number of benzene rings is 1. The van der Waals surface area contributed by atoms with Crippen LogP contribution in [0.4, 0.5) is 4.39 Å². The van der Waals surface area contributed by atoms with Crippen LogP contribution >= 0.6 is 11.3 Å². The van der Waals surface area contributed by atoms with Crippen molar-refractivity contribution in [3.8, 4) is 0 Å². The largest absolute Gasteiger partial charge is 0.466 e. The number of nitrogens with zero attached hydrogens (tertiary/aromatic N) is 3. The maximum Gasteiger partial charge on any atom is 0.314 e. The van der Waals surface area contributed by atoms with Crippen LogP contribution in [0.2, 0.25) is 0 Å². The number of fused-ring (bicyclic) bond motifs is 1. The minimum Gasteiger partial charge on any atom is -0.466 e. The zero-order chi connectivity index (χ0) is 21.3. The smallest absolute Gasteiger partial charge is 0.314 e. The molecule has 1 atom stereocenters. The lowest BCUT2D eigenvalue weighted by Gasteiger charge is -2.41. The Balaban J connectivity index is 1.67. The molecule has 6 nitrogen and oxygen atoms in total. The number of imidazole rings is 1. The summed E-state index contributed by atoms with van der Waals surface area (Å²) in [7, 11) is 0. The maximum atomic E-state index is 14.4. The molecule has 8 heteroatoms. The summed E-state index contributed by atoms with van der Waals surface area (Å²) in [4.78, 5) is 33.4. The highest BCUT2D eigenvalue weighted by atomic mass is 32.1. The second kappa shape index (κ2) is 8.18. The molecule has 0 radical (unpaired) electrons. The minimum absolute atomic E-state index is 0.166. The number of esters is 1. The number of ether oxygens (including phenoxy) is 1. The van der Waals surface area contributed by atoms with Crippen LogP contribution in [0, 0.1) is 18.2 Å². The average Bonchev–Trinajstić information content (AvgIpc) is 3.29. The topological polar surface area (TPSA) is 63.9 Å². The summed E-state index contributed by atoms with van der Waals surface area (Å²) in [6.45, 7) is 4.53. The number of piperidine rings is 1. The monoisotopic (exact) mass is 429 g/mol. The summed E-state index contributed by atoms with van der Waals surface area (Å²) >= 11 is 1.47. The van der Waals surface area contributed by atoms with E-state index >= 15 is 0 Å². The van der Waals surface area contributed by atoms with E-state index in [2.05, 4.69) is 4.98 Å². The summed E-state index contributed by atoms with van der Waals surface area (Å²) in [6, 6.07) is 6.46. The summed E-state index contributed by atoms with van der Waals surface area (Å²) in [5.41, 5.74) is 0.657. The van der Waals surface area contributed by atoms with Gasteiger partial charge in [-0.05, 0) is 44.7 Å². The first-order valence-corrected chi connectivity index (χ1v) is 11.0. The number of aromatic nitrogens is 2. The van der Waals surface area contributed by atoms with Gasteiger partial charge >= 0.3 is 5.97 Å². The average molecular weight is 430 g/mol. The third-order valence-electron chi connectivity index (χ3n) is 5.70. The van der Waals surface area contributed by atoms with Gasteiger partial charge < -0.3 is 9.64 Å². The second-order valence-corrected chi connectivity index (χ2v) is 8.57. The molecule has 0 bridgehead atoms. The second-order valence-electron chi connectivity index (χ2n) is 7.70. The van der Waals surface area contributed by atoms with Gasteiger partial charge in [0, 0.05) is 24.7 Å². The van der Waals surface area contributed by atoms with E-state index in [9.17, 15) is 14.0 Å². The van der Waals surface area contributed by atoms with E-state index in [0.29, 0.717) is 36.3 Å². The molecular weight excluding hydrogens is 405 g/mol. The van der Waals surface area contributed by atoms with Crippen LogP contribution in [0.15, 0.2) is 35.8 Å². The predicted octanol–water partition coefficient (Wildman–Crippen LogP) is 3.87. The van der Waals surface area contributed by atoms with E-state index in [1.54, 1.807) is 34.4 Å². The number of aryl methyl sites for hydroxylation is 1. The van der Waals surface area contributed by atoms with Gasteiger partial charge in [0.15, 0.2) is 4.96 Å². The molecule has 0 aliphatic carbocycles. The van der Waals surface area contributed by atoms with E-state index in [1.165, 1.54) is 17.4 Å². The highest BCUT2D eigenvalue weighted by Crippen LogP contribution is 2.37. The number of rotatable bonds is 5. The van der Waals surface area contributed by atoms with Crippen molar-refractivity contribution in [3.63, 3.8) is 0 Å². The number of halogens is 1. The van der Waals surface area contributed by atoms with Crippen molar-refractivity contribution in [1.29, 1.82) is 0 Å². The molecule has 1 aliphatic heterocycles. The third kappa shape index (κ3) is 3.60. The molecule has 2 aromatic heterocycles. The summed E-state index contributed by atoms with van der Waals surface area (Å²) in [6.07, 6.45) is 3.21. The van der Waals surface area contributed by atoms with Gasteiger partial charge in [-0.25, -0.2) is 9.37 Å². The molecule has 0 N–H and O–H groups in total. The molecule has 3 heterocycles. The van der Waals surface area contributed by atoms with E-state index in [-0.39, 0.29) is 37.3 Å². The fourth-order valence-electron chi connectivity index (χ4n) is 4.28. The lowest BCUT2D eigenvalue weighted by Crippen LogP contribution is -2.52. The van der Waals surface area contributed by atoms with Crippen LogP contribution in [0.25, 0.3) is 4.96 Å². The van der Waals surface area contributed by atoms with Crippen LogP contribution in [-0.4, -0.2) is 45.9 Å². The highest BCUT2D eigenvalue weighted by molar-refractivity contribution is 7.15. The molecule has 1 saturated heterocycles. The molecule has 0 saturated carbocycles. The molecule has 1 amide bonds. The Morgan fingerprint density at radius 1 is 1.33 bits per heavy atom. The quantitative estimate of drug-likeness (QED) is 0.578. The lowest BCUT2D eigenvalue weighted by atomic mass is 9.74. The van der Waals surface area contributed by atoms with Gasteiger partial charge in [0.1, 0.15) is 11.5 Å². The van der Waals surface area contributed by atoms with Crippen LogP contribution in [-0.2, 0) is 16.0 Å². The molecule has 4 rings (SSSR count). The zero-order valence-electron chi connectivity index (χ0n) is 17.1. The van der Waals surface area contributed by atoms with Crippen LogP contribution in [0.3, 0.4) is 0 Å². The van der Waals surface area contributed by atoms with E-state index in [1.807, 2.05) is 18.5 Å². The Kier molecular flexibility index (Phi) is 5.60. The van der Waals surface area contributed by atoms with Crippen molar-refractivity contribution < 1.29 is 18.7 Å². The van der Waals surface area contributed by atoms with E-state index in [4.69, 9.17) is 4.74 Å². The molecule has 1 aliphatic rings. The van der Waals surface area contributed by atoms with Crippen LogP contribution < -0.4 is 0 Å². The fraction of sp³-hybridized carbons (Fsp3) is 0.409. The Labute approximate surface area is 178 Å². The molecule has 1 fully saturated rings. The van der Waals surface area contributed by atoms with Crippen LogP contribution in [0.1, 0.15) is 41.5 Å². The highest BCUT2D eigenvalue weighted by Gasteiger charge is 2.45. The number of thiazole rings is 1. The van der Waals surface area contributed by atoms with Gasteiger partial charge in [-0.15, -0.1) is 11.3 Å². The first-order valence-electron chi connectivity index (χ1n) is 10.1. The molecule has 1 aromatic carbocycles. The van der Waals surface area contributed by atoms with Gasteiger partial charge in [-0.3, -0.25) is 14.0 Å². The van der Waals surface area contributed by atoms with Gasteiger partial charge in [-0.2, -0.15) is 0 Å². The maximum absolute atomic E-state index is 14.4. The fourth-order valence-corrected chi connectivity index (χ4v) is 5.04. The number of amides is 1. The molecular formula is C22H24FN3O3S. The zero-order valence-corrected chi connectivity index (χ0v) is 17.9. The lowest BCUT2D eigenvalue weighted by molar-refractivity contribution is -0.158. The van der Waals surface area contributed by atoms with Gasteiger partial charge in [0.05, 0.1) is 17.7 Å². The minimum atomic E-state index is -0.974. The Hall–Kier alpha value is -2.74. The van der Waals surface area contributed by atoms with Crippen molar-refractivity contribution in [1.82, 2.24) is 14.3 Å². The van der Waals surface area contributed by atoms with Crippen molar-refractivity contribution in [2.75, 3.05) is 19.7 Å². The van der Waals surface area contributed by atoms with Crippen molar-refractivity contribution in [2.45, 2.75) is 33.1 Å². The van der Waals surface area contributed by atoms with E-state index < -0.39 is 5.41 Å². The number of carbonyl (C=O) groups excluding carboxylic acids is 2. The Morgan fingerprint density at radius 3 is 2.90 bits per heavy atom. The van der Waals surface area contributed by atoms with E-state index in [0.717, 1.165) is 4.96 Å². The predicted molar refractivity (Wildman–Crippen MR) is 112 cm³/mol. The third-order valence-corrected chi connectivity index (χ3v) is 6.45. The van der Waals surface area contributed by atoms with Crippen molar-refractivity contribution >= 4 is 28.2 Å². The number of likely N-dealkylation sites (tertiary alicyclic amines) is 1. The number of carbonyl (C=O) groups is 2. The molecule has 1 unspecified atom stereocenters. The molecule has 0 spiro atoms. The normalized spacial score (nSPS) is 19.2. The summed E-state index contributed by atoms with van der Waals surface area (Å²) in [5.74, 6) is -0.895. The molecule has 158 valence electrons. The number of hydrogen-bond donors (Lipinski definition) is 0. The van der Waals surface area contributed by atoms with Crippen molar-refractivity contribution in [3.05, 3.63) is 58.6 Å². The molecule has 30 heavy (non-hydrogen) atoms. The van der Waals surface area contributed by atoms with Crippen molar-refractivity contribution in [2.24, 2.45) is 5.41 Å². The van der Waals surface area contributed by atoms with Crippen LogP contribution in [0.5, 0.6) is 0 Å². The Morgan fingerprint density at radius 2 is 2.13 bits per heavy atom. The standard InChI is InChI=1S/C22H24FN3O3S/c1-3-29-20(28)22(13-16-7-4-5-8-17(16)23)9-6-10-25(14-22)19(27)18-15(2)24-21-26(18)11-12-30-21/h4-5,7-8,11-12H,3,6,9-10,13-14H2,1-2H3. The van der Waals surface area contributed by atoms with Gasteiger partial charge in [-0.1, -0.05) is 18.2 Å². The summed E-state index contributed by atoms with van der Waals surface area (Å²) < 4.78 is 21.6. The number of hydrogen-bond acceptors (Lipinski definition) is 5. The molecule has 3 aromatic rings. The first-order chi connectivity index (χ1) is 14.4. The SMILES string of the molecule is CCOC(=O)C1(Cc2ccccc2F)CCCN(C(=O)c2c(C)nc3sccn23)C1. The van der Waals surface area contributed by atoms with Gasteiger partial charge in [0.2, 0.25) is 0 Å². The summed E-state index contributed by atoms with van der Waals surface area (Å²) in [5, 5.41) is 1.88. The first kappa shape index (κ1) is 20.5. The Bertz CT molecular complexity index is 1090. The van der Waals surface area contributed by atoms with Gasteiger partial charge in [0.25, 0.3) is 5.91 Å².